The Kier molecular flexibility index (Phi) is 5.16. The number of hydrogen-bond acceptors (Lipinski definition) is 3. The van der Waals surface area contributed by atoms with Crippen LogP contribution in [0.15, 0.2) is 36.4 Å². The molecule has 3 rings (SSSR count). The molecule has 0 spiro atoms. The molecule has 0 aliphatic carbocycles. The van der Waals surface area contributed by atoms with Gasteiger partial charge in [0.2, 0.25) is 11.8 Å². The van der Waals surface area contributed by atoms with Crippen molar-refractivity contribution >= 4 is 22.6 Å². The summed E-state index contributed by atoms with van der Waals surface area (Å²) < 4.78 is 5.26. The monoisotopic (exact) mass is 354 g/mol. The molecule has 2 amide bonds. The molecule has 1 fully saturated rings. The molecule has 5 heteroatoms. The first-order valence-corrected chi connectivity index (χ1v) is 9.01. The van der Waals surface area contributed by atoms with Gasteiger partial charge in [-0.15, -0.1) is 0 Å². The normalized spacial score (nSPS) is 18.0. The van der Waals surface area contributed by atoms with Crippen LogP contribution in [0.2, 0.25) is 0 Å². The fraction of sp³-hybridized carbons (Fsp3) is 0.429. The topological polar surface area (TPSA) is 49.9 Å². The van der Waals surface area contributed by atoms with E-state index in [-0.39, 0.29) is 23.8 Å². The molecule has 0 aromatic heterocycles. The van der Waals surface area contributed by atoms with Gasteiger partial charge in [-0.05, 0) is 48.2 Å². The number of benzene rings is 2. The lowest BCUT2D eigenvalue weighted by Crippen LogP contribution is -2.46. The van der Waals surface area contributed by atoms with E-state index < -0.39 is 0 Å². The minimum atomic E-state index is -0.329. The highest BCUT2D eigenvalue weighted by atomic mass is 16.5. The molecule has 1 heterocycles. The number of nitrogens with zero attached hydrogens (tertiary/aromatic N) is 2. The quantitative estimate of drug-likeness (QED) is 0.848. The molecule has 138 valence electrons. The Morgan fingerprint density at radius 1 is 1.15 bits per heavy atom. The molecular weight excluding hydrogens is 328 g/mol. The number of fused-ring (bicyclic) bond motifs is 1. The molecule has 0 saturated carbocycles. The third-order valence-corrected chi connectivity index (χ3v) is 5.20. The predicted molar refractivity (Wildman–Crippen MR) is 102 cm³/mol. The van der Waals surface area contributed by atoms with E-state index in [0.717, 1.165) is 34.9 Å². The van der Waals surface area contributed by atoms with Gasteiger partial charge in [0, 0.05) is 20.6 Å². The van der Waals surface area contributed by atoms with Crippen molar-refractivity contribution in [2.45, 2.75) is 31.7 Å². The summed E-state index contributed by atoms with van der Waals surface area (Å²) in [4.78, 5) is 28.8. The maximum absolute atomic E-state index is 13.1. The summed E-state index contributed by atoms with van der Waals surface area (Å²) in [6.07, 6.45) is 1.62. The van der Waals surface area contributed by atoms with Crippen molar-refractivity contribution in [2.75, 3.05) is 27.7 Å². The van der Waals surface area contributed by atoms with Crippen LogP contribution in [-0.2, 0) is 9.59 Å². The molecule has 2 aromatic rings. The molecule has 1 aliphatic heterocycles. The van der Waals surface area contributed by atoms with Crippen LogP contribution in [0.25, 0.3) is 10.8 Å². The molecule has 26 heavy (non-hydrogen) atoms. The van der Waals surface area contributed by atoms with Gasteiger partial charge in [-0.25, -0.2) is 0 Å². The fourth-order valence-corrected chi connectivity index (χ4v) is 3.62. The molecule has 1 saturated heterocycles. The number of hydrogen-bond donors (Lipinski definition) is 0. The van der Waals surface area contributed by atoms with Gasteiger partial charge in [-0.3, -0.25) is 9.59 Å². The number of rotatable bonds is 4. The van der Waals surface area contributed by atoms with E-state index in [1.165, 1.54) is 0 Å². The van der Waals surface area contributed by atoms with Crippen molar-refractivity contribution < 1.29 is 14.3 Å². The van der Waals surface area contributed by atoms with Crippen molar-refractivity contribution in [3.63, 3.8) is 0 Å². The highest BCUT2D eigenvalue weighted by molar-refractivity contribution is 5.92. The Morgan fingerprint density at radius 2 is 1.85 bits per heavy atom. The number of methoxy groups -OCH3 is 1. The average Bonchev–Trinajstić information content (AvgIpc) is 3.14. The second-order valence-corrected chi connectivity index (χ2v) is 7.12. The van der Waals surface area contributed by atoms with Gasteiger partial charge in [-0.2, -0.15) is 0 Å². The second kappa shape index (κ2) is 7.36. The standard InChI is InChI=1S/C21H26N2O3/c1-14(20(24)23-11-5-6-19(23)21(25)22(2)3)15-7-8-17-13-18(26-4)10-9-16(17)12-15/h7-10,12-14,19H,5-6,11H2,1-4H3/t14-,19?/m0/s1. The van der Waals surface area contributed by atoms with Gasteiger partial charge in [0.1, 0.15) is 11.8 Å². The molecule has 0 bridgehead atoms. The summed E-state index contributed by atoms with van der Waals surface area (Å²) in [5, 5.41) is 2.15. The number of likely N-dealkylation sites (N-methyl/N-ethyl adjacent to an activating group) is 1. The van der Waals surface area contributed by atoms with Gasteiger partial charge in [-0.1, -0.05) is 24.3 Å². The van der Waals surface area contributed by atoms with E-state index in [4.69, 9.17) is 4.74 Å². The molecule has 0 radical (unpaired) electrons. The van der Waals surface area contributed by atoms with Gasteiger partial charge in [0.05, 0.1) is 13.0 Å². The van der Waals surface area contributed by atoms with Crippen LogP contribution >= 0.6 is 0 Å². The highest BCUT2D eigenvalue weighted by Crippen LogP contribution is 2.28. The number of amides is 2. The predicted octanol–water partition coefficient (Wildman–Crippen LogP) is 3.03. The van der Waals surface area contributed by atoms with Crippen molar-refractivity contribution in [1.82, 2.24) is 9.80 Å². The SMILES string of the molecule is COc1ccc2cc([C@H](C)C(=O)N3CCCC3C(=O)N(C)C)ccc2c1. The molecule has 2 aromatic carbocycles. The second-order valence-electron chi connectivity index (χ2n) is 7.12. The zero-order valence-corrected chi connectivity index (χ0v) is 15.9. The zero-order chi connectivity index (χ0) is 18.8. The Balaban J connectivity index is 1.83. The van der Waals surface area contributed by atoms with Crippen molar-refractivity contribution in [3.05, 3.63) is 42.0 Å². The molecule has 2 atom stereocenters. The van der Waals surface area contributed by atoms with E-state index >= 15 is 0 Å². The van der Waals surface area contributed by atoms with Gasteiger partial charge in [0.15, 0.2) is 0 Å². The van der Waals surface area contributed by atoms with Crippen molar-refractivity contribution in [3.8, 4) is 5.75 Å². The number of carbonyl (C=O) groups is 2. The fourth-order valence-electron chi connectivity index (χ4n) is 3.62. The molecule has 1 unspecified atom stereocenters. The van der Waals surface area contributed by atoms with E-state index in [0.29, 0.717) is 6.54 Å². The van der Waals surface area contributed by atoms with Crippen LogP contribution in [0.5, 0.6) is 5.75 Å². The smallest absolute Gasteiger partial charge is 0.244 e. The van der Waals surface area contributed by atoms with E-state index in [1.807, 2.05) is 37.3 Å². The van der Waals surface area contributed by atoms with Gasteiger partial charge in [0.25, 0.3) is 0 Å². The lowest BCUT2D eigenvalue weighted by Gasteiger charge is -2.28. The lowest BCUT2D eigenvalue weighted by molar-refractivity contribution is -0.142. The molecule has 5 nitrogen and oxygen atoms in total. The highest BCUT2D eigenvalue weighted by Gasteiger charge is 2.36. The minimum Gasteiger partial charge on any atom is -0.497 e. The van der Waals surface area contributed by atoms with Crippen LogP contribution in [-0.4, -0.2) is 55.4 Å². The summed E-state index contributed by atoms with van der Waals surface area (Å²) >= 11 is 0. The first-order valence-electron chi connectivity index (χ1n) is 9.01. The lowest BCUT2D eigenvalue weighted by atomic mass is 9.96. The first kappa shape index (κ1) is 18.2. The van der Waals surface area contributed by atoms with Crippen LogP contribution in [0.1, 0.15) is 31.2 Å². The average molecular weight is 354 g/mol. The van der Waals surface area contributed by atoms with Crippen LogP contribution in [0.4, 0.5) is 0 Å². The number of ether oxygens (including phenoxy) is 1. The van der Waals surface area contributed by atoms with Crippen LogP contribution < -0.4 is 4.74 Å². The Labute approximate surface area is 154 Å². The third kappa shape index (κ3) is 3.39. The zero-order valence-electron chi connectivity index (χ0n) is 15.9. The van der Waals surface area contributed by atoms with E-state index in [2.05, 4.69) is 6.07 Å². The van der Waals surface area contributed by atoms with E-state index in [1.54, 1.807) is 31.0 Å². The summed E-state index contributed by atoms with van der Waals surface area (Å²) in [6.45, 7) is 2.57. The molecule has 1 aliphatic rings. The molecule has 0 N–H and O–H groups in total. The largest absolute Gasteiger partial charge is 0.497 e. The summed E-state index contributed by atoms with van der Waals surface area (Å²) in [7, 11) is 5.13. The maximum atomic E-state index is 13.1. The van der Waals surface area contributed by atoms with Gasteiger partial charge >= 0.3 is 0 Å². The summed E-state index contributed by atoms with van der Waals surface area (Å²) in [6, 6.07) is 11.6. The summed E-state index contributed by atoms with van der Waals surface area (Å²) in [5.74, 6) is 0.567. The molecular formula is C21H26N2O3. The third-order valence-electron chi connectivity index (χ3n) is 5.20. The Hall–Kier alpha value is -2.56. The van der Waals surface area contributed by atoms with E-state index in [9.17, 15) is 9.59 Å². The maximum Gasteiger partial charge on any atom is 0.244 e. The van der Waals surface area contributed by atoms with Crippen molar-refractivity contribution in [1.29, 1.82) is 0 Å². The minimum absolute atomic E-state index is 0.00802. The first-order chi connectivity index (χ1) is 12.4. The Bertz CT molecular complexity index is 831. The Morgan fingerprint density at radius 3 is 2.54 bits per heavy atom. The van der Waals surface area contributed by atoms with Crippen LogP contribution in [0, 0.1) is 0 Å². The summed E-state index contributed by atoms with van der Waals surface area (Å²) in [5.41, 5.74) is 0.968. The van der Waals surface area contributed by atoms with Crippen molar-refractivity contribution in [2.24, 2.45) is 0 Å². The van der Waals surface area contributed by atoms with Gasteiger partial charge < -0.3 is 14.5 Å². The van der Waals surface area contributed by atoms with Crippen LogP contribution in [0.3, 0.4) is 0 Å². The number of carbonyl (C=O) groups excluding carboxylic acids is 2. The number of likely N-dealkylation sites (tertiary alicyclic amines) is 1.